The largest absolute Gasteiger partial charge is 0.507 e. The summed E-state index contributed by atoms with van der Waals surface area (Å²) in [6.07, 6.45) is 17.9. The van der Waals surface area contributed by atoms with E-state index >= 15 is 0 Å². The molecule has 4 aromatic rings. The van der Waals surface area contributed by atoms with Crippen molar-refractivity contribution in [2.75, 3.05) is 24.7 Å². The minimum Gasteiger partial charge on any atom is -0.507 e. The highest BCUT2D eigenvalue weighted by atomic mass is 32.2. The van der Waals surface area contributed by atoms with Crippen molar-refractivity contribution >= 4 is 47.5 Å². The van der Waals surface area contributed by atoms with Gasteiger partial charge in [-0.2, -0.15) is 23.5 Å². The number of aryl methyl sites for hydroxylation is 4. The van der Waals surface area contributed by atoms with E-state index in [9.17, 15) is 24.6 Å². The van der Waals surface area contributed by atoms with Crippen molar-refractivity contribution in [1.82, 2.24) is 0 Å². The normalized spacial score (nSPS) is 14.4. The van der Waals surface area contributed by atoms with E-state index in [1.165, 1.54) is 64.2 Å². The van der Waals surface area contributed by atoms with Gasteiger partial charge in [0.05, 0.1) is 13.2 Å². The molecular formula is C50H62O7S2. The van der Waals surface area contributed by atoms with Crippen molar-refractivity contribution in [1.29, 1.82) is 0 Å². The zero-order chi connectivity index (χ0) is 42.6. The summed E-state index contributed by atoms with van der Waals surface area (Å²) in [7, 11) is 0. The average Bonchev–Trinajstić information content (AvgIpc) is 3.25. The second-order valence-electron chi connectivity index (χ2n) is 15.4. The number of rotatable bonds is 15. The number of carbonyl (C=O) groups is 3. The molecule has 2 aliphatic rings. The van der Waals surface area contributed by atoms with Crippen molar-refractivity contribution < 1.29 is 34.1 Å². The zero-order valence-corrected chi connectivity index (χ0v) is 37.1. The van der Waals surface area contributed by atoms with E-state index in [1.807, 2.05) is 98.0 Å². The van der Waals surface area contributed by atoms with Gasteiger partial charge in [0, 0.05) is 38.7 Å². The van der Waals surface area contributed by atoms with E-state index in [4.69, 9.17) is 9.47 Å². The van der Waals surface area contributed by atoms with Gasteiger partial charge in [-0.15, -0.1) is 0 Å². The van der Waals surface area contributed by atoms with Gasteiger partial charge in [0.1, 0.15) is 29.3 Å². The summed E-state index contributed by atoms with van der Waals surface area (Å²) in [6, 6.07) is 21.8. The van der Waals surface area contributed by atoms with Crippen LogP contribution < -0.4 is 9.47 Å². The molecule has 0 spiro atoms. The topological polar surface area (TPSA) is 110 Å². The summed E-state index contributed by atoms with van der Waals surface area (Å²) in [6.45, 7) is 10.3. The van der Waals surface area contributed by atoms with Crippen LogP contribution >= 0.6 is 23.5 Å². The molecule has 2 aliphatic carbocycles. The Balaban J connectivity index is 0.000000219. The molecule has 2 saturated carbocycles. The molecule has 6 rings (SSSR count). The number of hydrogen-bond acceptors (Lipinski definition) is 9. The highest BCUT2D eigenvalue weighted by Gasteiger charge is 2.14. The predicted octanol–water partition coefficient (Wildman–Crippen LogP) is 12.5. The minimum absolute atomic E-state index is 0.0483. The Bertz CT molecular complexity index is 1910. The lowest BCUT2D eigenvalue weighted by Gasteiger charge is -2.20. The Kier molecular flexibility index (Phi) is 20.2. The maximum absolute atomic E-state index is 12.4. The van der Waals surface area contributed by atoms with Crippen molar-refractivity contribution in [3.05, 3.63) is 123 Å². The van der Waals surface area contributed by atoms with E-state index in [-0.39, 0.29) is 17.3 Å². The molecule has 9 heteroatoms. The van der Waals surface area contributed by atoms with Crippen LogP contribution in [0, 0.1) is 27.7 Å². The first kappa shape index (κ1) is 47.2. The van der Waals surface area contributed by atoms with Crippen LogP contribution in [0.2, 0.25) is 0 Å². The highest BCUT2D eigenvalue weighted by molar-refractivity contribution is 8.00. The monoisotopic (exact) mass is 838 g/mol. The Morgan fingerprint density at radius 3 is 1.39 bits per heavy atom. The van der Waals surface area contributed by atoms with Gasteiger partial charge >= 0.3 is 0 Å². The Labute approximate surface area is 360 Å². The fourth-order valence-electron chi connectivity index (χ4n) is 7.12. The number of carbonyl (C=O) groups excluding carboxylic acids is 3. The lowest BCUT2D eigenvalue weighted by atomic mass is 10.0. The third-order valence-electron chi connectivity index (χ3n) is 10.5. The van der Waals surface area contributed by atoms with Gasteiger partial charge in [-0.05, 0) is 167 Å². The van der Waals surface area contributed by atoms with E-state index in [0.717, 1.165) is 79.8 Å². The maximum atomic E-state index is 12.4. The van der Waals surface area contributed by atoms with Gasteiger partial charge in [0.15, 0.2) is 11.6 Å². The summed E-state index contributed by atoms with van der Waals surface area (Å²) in [4.78, 5) is 33.9. The zero-order valence-electron chi connectivity index (χ0n) is 35.5. The third-order valence-corrected chi connectivity index (χ3v) is 13.2. The Morgan fingerprint density at radius 2 is 1.00 bits per heavy atom. The van der Waals surface area contributed by atoms with Crippen molar-refractivity contribution in [3.8, 4) is 23.0 Å². The second kappa shape index (κ2) is 25.2. The molecule has 0 heterocycles. The number of aldehydes is 1. The van der Waals surface area contributed by atoms with Crippen LogP contribution in [0.3, 0.4) is 0 Å². The number of phenols is 2. The average molecular weight is 839 g/mol. The Hall–Kier alpha value is -4.47. The third kappa shape index (κ3) is 16.6. The van der Waals surface area contributed by atoms with Crippen molar-refractivity contribution in [2.45, 2.75) is 109 Å². The molecule has 0 saturated heterocycles. The Morgan fingerprint density at radius 1 is 0.610 bits per heavy atom. The molecule has 7 nitrogen and oxygen atoms in total. The molecule has 0 aliphatic heterocycles. The van der Waals surface area contributed by atoms with Crippen molar-refractivity contribution in [3.63, 3.8) is 0 Å². The van der Waals surface area contributed by atoms with Crippen LogP contribution in [-0.4, -0.2) is 63.3 Å². The minimum atomic E-state index is -0.0483. The molecule has 59 heavy (non-hydrogen) atoms. The first-order chi connectivity index (χ1) is 28.4. The molecule has 0 aromatic heterocycles. The molecule has 2 N–H and O–H groups in total. The second-order valence-corrected chi connectivity index (χ2v) is 18.2. The number of ether oxygens (including phenoxy) is 2. The van der Waals surface area contributed by atoms with Gasteiger partial charge in [-0.3, -0.25) is 14.4 Å². The predicted molar refractivity (Wildman–Crippen MR) is 246 cm³/mol. The van der Waals surface area contributed by atoms with Crippen LogP contribution in [0.15, 0.2) is 78.9 Å². The highest BCUT2D eigenvalue weighted by Crippen LogP contribution is 2.30. The van der Waals surface area contributed by atoms with Crippen LogP contribution in [-0.2, 0) is 0 Å². The number of ketones is 2. The summed E-state index contributed by atoms with van der Waals surface area (Å²) >= 11 is 4.07. The first-order valence-corrected chi connectivity index (χ1v) is 23.0. The van der Waals surface area contributed by atoms with E-state index in [2.05, 4.69) is 0 Å². The number of hydrogen-bond donors (Lipinski definition) is 2. The summed E-state index contributed by atoms with van der Waals surface area (Å²) in [5, 5.41) is 20.8. The van der Waals surface area contributed by atoms with Gasteiger partial charge in [-0.1, -0.05) is 44.6 Å². The molecule has 4 aromatic carbocycles. The molecule has 316 valence electrons. The van der Waals surface area contributed by atoms with Crippen LogP contribution in [0.25, 0.3) is 6.08 Å². The van der Waals surface area contributed by atoms with Gasteiger partial charge in [0.25, 0.3) is 0 Å². The molecule has 0 atom stereocenters. The maximum Gasteiger partial charge on any atom is 0.185 e. The van der Waals surface area contributed by atoms with Gasteiger partial charge in [0.2, 0.25) is 0 Å². The van der Waals surface area contributed by atoms with Crippen LogP contribution in [0.5, 0.6) is 23.0 Å². The summed E-state index contributed by atoms with van der Waals surface area (Å²) in [5.41, 5.74) is 5.99. The smallest absolute Gasteiger partial charge is 0.185 e. The molecule has 0 amide bonds. The summed E-state index contributed by atoms with van der Waals surface area (Å²) in [5.74, 6) is 4.36. The van der Waals surface area contributed by atoms with Crippen LogP contribution in [0.4, 0.5) is 0 Å². The summed E-state index contributed by atoms with van der Waals surface area (Å²) < 4.78 is 11.5. The lowest BCUT2D eigenvalue weighted by Crippen LogP contribution is -2.11. The van der Waals surface area contributed by atoms with E-state index < -0.39 is 0 Å². The number of Topliss-reactive ketones (excluding diaryl/α,β-unsaturated/α-hetero) is 1. The molecule has 0 radical (unpaired) electrons. The van der Waals surface area contributed by atoms with E-state index in [1.54, 1.807) is 45.1 Å². The number of aromatic hydroxyl groups is 2. The van der Waals surface area contributed by atoms with E-state index in [0.29, 0.717) is 23.5 Å². The molecular weight excluding hydrogens is 777 g/mol. The molecule has 0 bridgehead atoms. The molecule has 0 unspecified atom stereocenters. The number of phenolic OH excluding ortho intramolecular Hbond substituents is 2. The fourth-order valence-corrected chi connectivity index (χ4v) is 9.48. The van der Waals surface area contributed by atoms with Gasteiger partial charge in [-0.25, -0.2) is 0 Å². The first-order valence-electron chi connectivity index (χ1n) is 20.9. The number of allylic oxidation sites excluding steroid dienone is 1. The number of benzene rings is 4. The SMILES string of the molecule is CC(=O)c1ccc(OCCSC2CCCCC2)cc1.Cc1cc(/C=C/C(=O)c2ccc(OCCSC3CCCCC3)cc2)cc(C)c1O.Cc1cc(C=O)cc(C)c1O. The number of thioether (sulfide) groups is 2. The van der Waals surface area contributed by atoms with Gasteiger partial charge < -0.3 is 19.7 Å². The van der Waals surface area contributed by atoms with Crippen LogP contribution in [0.1, 0.15) is 130 Å². The fraction of sp³-hybridized carbons (Fsp3) is 0.420. The molecule has 2 fully saturated rings. The lowest BCUT2D eigenvalue weighted by molar-refractivity contribution is 0.101. The standard InChI is InChI=1S/C25H30O3S.C16H22O2S.C9H10O2/c1-18-16-20(17-19(2)25(18)27)8-13-24(26)21-9-11-22(12-10-21)28-14-15-29-23-6-4-3-5-7-23;1-13(17)14-7-9-15(10-8-14)18-11-12-19-16-5-3-2-4-6-16;1-6-3-8(5-10)4-7(2)9(6)11/h8-13,16-17,23,27H,3-7,14-15H2,1-2H3;7-10,16H,2-6,11-12H2,1H3;3-5,11H,1-2H3/b13-8+;;. The quantitative estimate of drug-likeness (QED) is 0.0523. The van der Waals surface area contributed by atoms with Crippen molar-refractivity contribution in [2.24, 2.45) is 0 Å².